The molecule has 1 aromatic rings. The van der Waals surface area contributed by atoms with Crippen LogP contribution in [0.1, 0.15) is 57.8 Å². The summed E-state index contributed by atoms with van der Waals surface area (Å²) < 4.78 is 11.0. The van der Waals surface area contributed by atoms with Gasteiger partial charge in [0.1, 0.15) is 0 Å². The summed E-state index contributed by atoms with van der Waals surface area (Å²) in [5.41, 5.74) is 0.283. The highest BCUT2D eigenvalue weighted by molar-refractivity contribution is 5.78. The van der Waals surface area contributed by atoms with Crippen molar-refractivity contribution < 1.29 is 19.1 Å². The standard InChI is InChI=1S/C26H36N2O4/c1-31-22-4-2-3-5-23(22)32-17-25(30)28-8-6-21(7-9-28)27-24(29)16-26-13-18-10-19(14-26)12-20(11-18)15-26/h2-5,18-21H,6-17H2,1H3,(H,27,29). The number of likely N-dealkylation sites (tertiary alicyclic amines) is 1. The molecule has 0 aromatic heterocycles. The molecule has 0 radical (unpaired) electrons. The molecular formula is C26H36N2O4. The SMILES string of the molecule is COc1ccccc1OCC(=O)N1CCC(NC(=O)CC23CC4CC(CC(C4)C2)C3)CC1. The molecule has 0 spiro atoms. The summed E-state index contributed by atoms with van der Waals surface area (Å²) in [4.78, 5) is 27.3. The molecule has 6 rings (SSSR count). The maximum Gasteiger partial charge on any atom is 0.260 e. The number of amides is 2. The van der Waals surface area contributed by atoms with Crippen molar-refractivity contribution in [3.8, 4) is 11.5 Å². The van der Waals surface area contributed by atoms with Gasteiger partial charge in [-0.05, 0) is 86.7 Å². The monoisotopic (exact) mass is 440 g/mol. The van der Waals surface area contributed by atoms with Gasteiger partial charge < -0.3 is 19.7 Å². The van der Waals surface area contributed by atoms with Crippen LogP contribution in [0, 0.1) is 23.2 Å². The van der Waals surface area contributed by atoms with Crippen molar-refractivity contribution in [3.05, 3.63) is 24.3 Å². The fourth-order valence-electron chi connectivity index (χ4n) is 7.37. The molecular weight excluding hydrogens is 404 g/mol. The van der Waals surface area contributed by atoms with Crippen LogP contribution >= 0.6 is 0 Å². The van der Waals surface area contributed by atoms with Gasteiger partial charge in [-0.15, -0.1) is 0 Å². The number of para-hydroxylation sites is 2. The van der Waals surface area contributed by atoms with Crippen molar-refractivity contribution in [2.24, 2.45) is 23.2 Å². The lowest BCUT2D eigenvalue weighted by atomic mass is 9.49. The third kappa shape index (κ3) is 4.60. The van der Waals surface area contributed by atoms with Crippen molar-refractivity contribution >= 4 is 11.8 Å². The van der Waals surface area contributed by atoms with E-state index >= 15 is 0 Å². The molecule has 1 heterocycles. The molecule has 1 aromatic carbocycles. The molecule has 6 heteroatoms. The van der Waals surface area contributed by atoms with E-state index in [9.17, 15) is 9.59 Å². The first-order valence-electron chi connectivity index (χ1n) is 12.3. The minimum absolute atomic E-state index is 0.00339. The summed E-state index contributed by atoms with van der Waals surface area (Å²) in [5, 5.41) is 3.30. The van der Waals surface area contributed by atoms with Crippen LogP contribution in [0.15, 0.2) is 24.3 Å². The summed E-state index contributed by atoms with van der Waals surface area (Å²) in [6.07, 6.45) is 10.4. The van der Waals surface area contributed by atoms with E-state index in [4.69, 9.17) is 9.47 Å². The largest absolute Gasteiger partial charge is 0.493 e. The molecule has 4 bridgehead atoms. The minimum Gasteiger partial charge on any atom is -0.493 e. The van der Waals surface area contributed by atoms with E-state index < -0.39 is 0 Å². The van der Waals surface area contributed by atoms with Crippen molar-refractivity contribution in [1.82, 2.24) is 10.2 Å². The zero-order chi connectivity index (χ0) is 22.1. The highest BCUT2D eigenvalue weighted by Crippen LogP contribution is 2.61. The van der Waals surface area contributed by atoms with Gasteiger partial charge in [0.15, 0.2) is 18.1 Å². The highest BCUT2D eigenvalue weighted by Gasteiger charge is 2.51. The van der Waals surface area contributed by atoms with Crippen LogP contribution in [0.3, 0.4) is 0 Å². The second-order valence-corrected chi connectivity index (χ2v) is 10.8. The predicted molar refractivity (Wildman–Crippen MR) is 121 cm³/mol. The van der Waals surface area contributed by atoms with Gasteiger partial charge >= 0.3 is 0 Å². The fraction of sp³-hybridized carbons (Fsp3) is 0.692. The van der Waals surface area contributed by atoms with Crippen molar-refractivity contribution in [3.63, 3.8) is 0 Å². The average molecular weight is 441 g/mol. The average Bonchev–Trinajstić information content (AvgIpc) is 2.76. The number of ether oxygens (including phenoxy) is 2. The van der Waals surface area contributed by atoms with Crippen LogP contribution in [0.25, 0.3) is 0 Å². The predicted octanol–water partition coefficient (Wildman–Crippen LogP) is 3.79. The van der Waals surface area contributed by atoms with Gasteiger partial charge in [0.2, 0.25) is 5.91 Å². The molecule has 4 aliphatic carbocycles. The van der Waals surface area contributed by atoms with Gasteiger partial charge in [-0.1, -0.05) is 12.1 Å². The Hall–Kier alpha value is -2.24. The Morgan fingerprint density at radius 2 is 1.59 bits per heavy atom. The Balaban J connectivity index is 1.06. The van der Waals surface area contributed by atoms with Crippen LogP contribution < -0.4 is 14.8 Å². The quantitative estimate of drug-likeness (QED) is 0.701. The lowest BCUT2D eigenvalue weighted by Crippen LogP contribution is -2.50. The van der Waals surface area contributed by atoms with Gasteiger partial charge in [-0.25, -0.2) is 0 Å². The van der Waals surface area contributed by atoms with E-state index in [1.165, 1.54) is 38.5 Å². The number of carbonyl (C=O) groups is 2. The van der Waals surface area contributed by atoms with Crippen molar-refractivity contribution in [1.29, 1.82) is 0 Å². The van der Waals surface area contributed by atoms with Crippen LogP contribution in [-0.2, 0) is 9.59 Å². The molecule has 6 nitrogen and oxygen atoms in total. The van der Waals surface area contributed by atoms with E-state index in [-0.39, 0.29) is 29.9 Å². The number of piperidine rings is 1. The molecule has 1 aliphatic heterocycles. The summed E-state index contributed by atoms with van der Waals surface area (Å²) in [5.74, 6) is 4.05. The summed E-state index contributed by atoms with van der Waals surface area (Å²) in [7, 11) is 1.59. The number of methoxy groups -OCH3 is 1. The van der Waals surface area contributed by atoms with Crippen LogP contribution in [-0.4, -0.2) is 49.6 Å². The maximum absolute atomic E-state index is 12.9. The second-order valence-electron chi connectivity index (χ2n) is 10.8. The highest BCUT2D eigenvalue weighted by atomic mass is 16.5. The zero-order valence-corrected chi connectivity index (χ0v) is 19.2. The Morgan fingerprint density at radius 1 is 1.00 bits per heavy atom. The number of carbonyl (C=O) groups excluding carboxylic acids is 2. The molecule has 0 atom stereocenters. The van der Waals surface area contributed by atoms with Gasteiger partial charge in [0, 0.05) is 25.6 Å². The molecule has 32 heavy (non-hydrogen) atoms. The smallest absolute Gasteiger partial charge is 0.260 e. The molecule has 1 saturated heterocycles. The maximum atomic E-state index is 12.9. The third-order valence-electron chi connectivity index (χ3n) is 8.33. The minimum atomic E-state index is -0.0192. The number of hydrogen-bond acceptors (Lipinski definition) is 4. The van der Waals surface area contributed by atoms with Gasteiger partial charge in [0.25, 0.3) is 5.91 Å². The first-order valence-corrected chi connectivity index (χ1v) is 12.3. The van der Waals surface area contributed by atoms with Crippen LogP contribution in [0.2, 0.25) is 0 Å². The van der Waals surface area contributed by atoms with Crippen LogP contribution in [0.5, 0.6) is 11.5 Å². The van der Waals surface area contributed by atoms with Gasteiger partial charge in [-0.2, -0.15) is 0 Å². The van der Waals surface area contributed by atoms with E-state index in [0.29, 0.717) is 31.0 Å². The van der Waals surface area contributed by atoms with Gasteiger partial charge in [-0.3, -0.25) is 9.59 Å². The number of nitrogens with zero attached hydrogens (tertiary/aromatic N) is 1. The number of nitrogens with one attached hydrogen (secondary N) is 1. The molecule has 2 amide bonds. The Kier molecular flexibility index (Phi) is 6.04. The third-order valence-corrected chi connectivity index (χ3v) is 8.33. The topological polar surface area (TPSA) is 67.9 Å². The molecule has 5 aliphatic rings. The molecule has 174 valence electrons. The lowest BCUT2D eigenvalue weighted by molar-refractivity contribution is -0.134. The molecule has 0 unspecified atom stereocenters. The van der Waals surface area contributed by atoms with E-state index in [1.807, 2.05) is 23.1 Å². The molecule has 1 N–H and O–H groups in total. The normalized spacial score (nSPS) is 31.4. The van der Waals surface area contributed by atoms with Gasteiger partial charge in [0.05, 0.1) is 7.11 Å². The molecule has 4 saturated carbocycles. The Bertz CT molecular complexity index is 811. The number of hydrogen-bond donors (Lipinski definition) is 1. The fourth-order valence-corrected chi connectivity index (χ4v) is 7.37. The second kappa shape index (κ2) is 8.95. The summed E-state index contributed by atoms with van der Waals surface area (Å²) in [6.45, 7) is 1.33. The van der Waals surface area contributed by atoms with E-state index in [0.717, 1.165) is 30.6 Å². The number of rotatable bonds is 7. The van der Waals surface area contributed by atoms with Crippen molar-refractivity contribution in [2.75, 3.05) is 26.8 Å². The summed E-state index contributed by atoms with van der Waals surface area (Å²) >= 11 is 0. The Labute approximate surface area is 191 Å². The molecule has 5 fully saturated rings. The first kappa shape index (κ1) is 21.6. The zero-order valence-electron chi connectivity index (χ0n) is 19.2. The van der Waals surface area contributed by atoms with E-state index in [2.05, 4.69) is 5.32 Å². The van der Waals surface area contributed by atoms with Crippen LogP contribution in [0.4, 0.5) is 0 Å². The number of benzene rings is 1. The van der Waals surface area contributed by atoms with Crippen molar-refractivity contribution in [2.45, 2.75) is 63.8 Å². The lowest BCUT2D eigenvalue weighted by Gasteiger charge is -2.56. The Morgan fingerprint density at radius 3 is 2.19 bits per heavy atom. The van der Waals surface area contributed by atoms with E-state index in [1.54, 1.807) is 13.2 Å². The summed E-state index contributed by atoms with van der Waals surface area (Å²) in [6, 6.07) is 7.53. The first-order chi connectivity index (χ1) is 15.5.